The van der Waals surface area contributed by atoms with Crippen LogP contribution in [0.25, 0.3) is 0 Å². The minimum atomic E-state index is -4.04. The Balaban J connectivity index is 1.55. The van der Waals surface area contributed by atoms with Crippen molar-refractivity contribution in [2.75, 3.05) is 0 Å². The van der Waals surface area contributed by atoms with Crippen LogP contribution in [0.3, 0.4) is 0 Å². The third kappa shape index (κ3) is 7.12. The van der Waals surface area contributed by atoms with Gasteiger partial charge in [0.25, 0.3) is 0 Å². The smallest absolute Gasteiger partial charge is 0.161 e. The van der Waals surface area contributed by atoms with E-state index in [0.29, 0.717) is 0 Å². The van der Waals surface area contributed by atoms with Gasteiger partial charge in [0.05, 0.1) is 23.7 Å². The van der Waals surface area contributed by atoms with E-state index in [1.807, 2.05) is 121 Å². The first kappa shape index (κ1) is 29.2. The number of aliphatic hydroxyl groups is 2. The van der Waals surface area contributed by atoms with Gasteiger partial charge >= 0.3 is 0 Å². The zero-order valence-corrected chi connectivity index (χ0v) is 23.6. The number of benzene rings is 4. The van der Waals surface area contributed by atoms with Crippen LogP contribution in [0.4, 0.5) is 0 Å². The highest BCUT2D eigenvalue weighted by atomic mass is 32.2. The average molecular weight is 573 g/mol. The Labute approximate surface area is 242 Å². The van der Waals surface area contributed by atoms with E-state index in [0.717, 1.165) is 22.3 Å². The first-order chi connectivity index (χ1) is 19.9. The van der Waals surface area contributed by atoms with E-state index in [4.69, 9.17) is 9.47 Å². The predicted octanol–water partition coefficient (Wildman–Crippen LogP) is 4.53. The van der Waals surface area contributed by atoms with Crippen LogP contribution in [0.15, 0.2) is 121 Å². The second-order valence-corrected chi connectivity index (χ2v) is 12.9. The van der Waals surface area contributed by atoms with Crippen LogP contribution in [0.2, 0.25) is 0 Å². The molecule has 0 bridgehead atoms. The molecular formula is C34H36O6S. The van der Waals surface area contributed by atoms with Gasteiger partial charge in [0.15, 0.2) is 9.84 Å². The highest BCUT2D eigenvalue weighted by molar-refractivity contribution is 7.92. The lowest BCUT2D eigenvalue weighted by atomic mass is 9.94. The number of hydrogen-bond acceptors (Lipinski definition) is 6. The molecule has 1 heterocycles. The van der Waals surface area contributed by atoms with Gasteiger partial charge in [-0.2, -0.15) is 0 Å². The maximum absolute atomic E-state index is 14.7. The van der Waals surface area contributed by atoms with E-state index in [1.54, 1.807) is 0 Å². The maximum Gasteiger partial charge on any atom is 0.161 e. The summed E-state index contributed by atoms with van der Waals surface area (Å²) in [4.78, 5) is 0. The van der Waals surface area contributed by atoms with E-state index < -0.39 is 44.8 Å². The van der Waals surface area contributed by atoms with Gasteiger partial charge in [-0.25, -0.2) is 8.42 Å². The topological polar surface area (TPSA) is 93.1 Å². The summed E-state index contributed by atoms with van der Waals surface area (Å²) in [5.41, 5.74) is 3.29. The Hall–Kier alpha value is -3.33. The van der Waals surface area contributed by atoms with Crippen molar-refractivity contribution >= 4 is 9.84 Å². The predicted molar refractivity (Wildman–Crippen MR) is 159 cm³/mol. The van der Waals surface area contributed by atoms with Crippen LogP contribution >= 0.6 is 0 Å². The van der Waals surface area contributed by atoms with Gasteiger partial charge in [-0.05, 0) is 35.1 Å². The Morgan fingerprint density at radius 3 is 1.10 bits per heavy atom. The molecule has 1 saturated heterocycles. The molecule has 6 atom stereocenters. The molecule has 0 aliphatic carbocycles. The summed E-state index contributed by atoms with van der Waals surface area (Å²) in [6, 6.07) is 37.4. The van der Waals surface area contributed by atoms with Crippen molar-refractivity contribution in [2.45, 2.75) is 61.0 Å². The summed E-state index contributed by atoms with van der Waals surface area (Å²) in [5, 5.41) is 21.0. The van der Waals surface area contributed by atoms with Gasteiger partial charge in [-0.3, -0.25) is 0 Å². The van der Waals surface area contributed by atoms with Gasteiger partial charge in [0.2, 0.25) is 0 Å². The average Bonchev–Trinajstić information content (AvgIpc) is 3.06. The molecule has 41 heavy (non-hydrogen) atoms. The molecule has 0 spiro atoms. The second-order valence-electron chi connectivity index (χ2n) is 10.5. The Morgan fingerprint density at radius 2 is 0.780 bits per heavy atom. The van der Waals surface area contributed by atoms with Crippen LogP contribution in [0, 0.1) is 0 Å². The third-order valence-electron chi connectivity index (χ3n) is 7.73. The van der Waals surface area contributed by atoms with Crippen LogP contribution in [-0.2, 0) is 45.4 Å². The molecule has 0 aromatic heterocycles. The first-order valence-electron chi connectivity index (χ1n) is 13.9. The summed E-state index contributed by atoms with van der Waals surface area (Å²) in [7, 11) is -4.04. The fraction of sp³-hybridized carbons (Fsp3) is 0.294. The summed E-state index contributed by atoms with van der Waals surface area (Å²) in [6.45, 7) is 0.184. The number of sulfone groups is 1. The SMILES string of the molecule is O=S1(=O)[C@@H](Cc2ccccc2)[C@@H](OCc2ccccc2)[C@@H](O)[C@H](O)[C@H](OCc2ccccc2)[C@@H]1Cc1ccccc1. The minimum Gasteiger partial charge on any atom is -0.388 e. The molecule has 1 fully saturated rings. The molecule has 0 saturated carbocycles. The zero-order valence-electron chi connectivity index (χ0n) is 22.8. The van der Waals surface area contributed by atoms with Gasteiger partial charge in [-0.1, -0.05) is 121 Å². The van der Waals surface area contributed by atoms with Crippen molar-refractivity contribution < 1.29 is 28.1 Å². The molecule has 214 valence electrons. The molecule has 7 heteroatoms. The fourth-order valence-corrected chi connectivity index (χ4v) is 8.05. The normalized spacial score (nSPS) is 25.8. The van der Waals surface area contributed by atoms with Crippen molar-refractivity contribution in [3.63, 3.8) is 0 Å². The van der Waals surface area contributed by atoms with E-state index >= 15 is 0 Å². The quantitative estimate of drug-likeness (QED) is 0.290. The van der Waals surface area contributed by atoms with Crippen molar-refractivity contribution in [3.8, 4) is 0 Å². The van der Waals surface area contributed by atoms with Crippen LogP contribution in [0.1, 0.15) is 22.3 Å². The standard InChI is InChI=1S/C34H36O6S/c35-31-32(36)34(40-24-28-19-11-4-12-20-28)30(22-26-15-7-2-8-16-26)41(37,38)29(21-25-13-5-1-6-14-25)33(31)39-23-27-17-9-3-10-18-27/h1-20,29-36H,21-24H2/t29-,30-,31-,32-,33+,34+/m0/s1. The van der Waals surface area contributed by atoms with E-state index in [9.17, 15) is 18.6 Å². The molecule has 4 aromatic carbocycles. The van der Waals surface area contributed by atoms with Crippen molar-refractivity contribution in [1.29, 1.82) is 0 Å². The van der Waals surface area contributed by atoms with Gasteiger partial charge in [-0.15, -0.1) is 0 Å². The number of rotatable bonds is 10. The second kappa shape index (κ2) is 13.6. The van der Waals surface area contributed by atoms with E-state index in [2.05, 4.69) is 0 Å². The summed E-state index contributed by atoms with van der Waals surface area (Å²) in [5.74, 6) is 0. The molecule has 0 amide bonds. The minimum absolute atomic E-state index is 0.0922. The van der Waals surface area contributed by atoms with Crippen molar-refractivity contribution in [3.05, 3.63) is 144 Å². The molecular weight excluding hydrogens is 536 g/mol. The van der Waals surface area contributed by atoms with Crippen molar-refractivity contribution in [1.82, 2.24) is 0 Å². The molecule has 2 N–H and O–H groups in total. The molecule has 0 unspecified atom stereocenters. The molecule has 0 radical (unpaired) electrons. The summed E-state index contributed by atoms with van der Waals surface area (Å²) < 4.78 is 41.8. The lowest BCUT2D eigenvalue weighted by Gasteiger charge is -2.30. The molecule has 6 nitrogen and oxygen atoms in total. The van der Waals surface area contributed by atoms with Gasteiger partial charge in [0, 0.05) is 0 Å². The fourth-order valence-electron chi connectivity index (χ4n) is 5.53. The zero-order chi connectivity index (χ0) is 28.7. The molecule has 1 aliphatic heterocycles. The van der Waals surface area contributed by atoms with Gasteiger partial charge in [0.1, 0.15) is 24.4 Å². The molecule has 4 aromatic rings. The first-order valence-corrected chi connectivity index (χ1v) is 15.5. The monoisotopic (exact) mass is 572 g/mol. The maximum atomic E-state index is 14.7. The van der Waals surface area contributed by atoms with Crippen LogP contribution < -0.4 is 0 Å². The van der Waals surface area contributed by atoms with Gasteiger partial charge < -0.3 is 19.7 Å². The summed E-state index contributed by atoms with van der Waals surface area (Å²) in [6.07, 6.45) is -5.10. The highest BCUT2D eigenvalue weighted by Crippen LogP contribution is 2.34. The third-order valence-corrected chi connectivity index (χ3v) is 10.3. The molecule has 1 aliphatic rings. The largest absolute Gasteiger partial charge is 0.388 e. The van der Waals surface area contributed by atoms with E-state index in [-0.39, 0.29) is 26.1 Å². The van der Waals surface area contributed by atoms with Crippen LogP contribution in [-0.4, -0.2) is 53.5 Å². The lowest BCUT2D eigenvalue weighted by molar-refractivity contribution is -0.139. The highest BCUT2D eigenvalue weighted by Gasteiger charge is 2.54. The lowest BCUT2D eigenvalue weighted by Crippen LogP contribution is -2.49. The Morgan fingerprint density at radius 1 is 0.488 bits per heavy atom. The Kier molecular flexibility index (Phi) is 9.64. The van der Waals surface area contributed by atoms with Crippen molar-refractivity contribution in [2.24, 2.45) is 0 Å². The van der Waals surface area contributed by atoms with Crippen LogP contribution in [0.5, 0.6) is 0 Å². The number of hydrogen-bond donors (Lipinski definition) is 2. The number of aliphatic hydroxyl groups excluding tert-OH is 2. The Bertz CT molecular complexity index is 1340. The summed E-state index contributed by atoms with van der Waals surface area (Å²) >= 11 is 0. The number of ether oxygens (including phenoxy) is 2. The molecule has 5 rings (SSSR count). The van der Waals surface area contributed by atoms with E-state index in [1.165, 1.54) is 0 Å².